The zero-order valence-electron chi connectivity index (χ0n) is 20.2. The first-order valence-corrected chi connectivity index (χ1v) is 12.8. The maximum atomic E-state index is 2.45. The fourth-order valence-corrected chi connectivity index (χ4v) is 6.24. The van der Waals surface area contributed by atoms with Crippen molar-refractivity contribution in [3.05, 3.63) is 181 Å². The number of aromatic nitrogens is 1. The lowest BCUT2D eigenvalue weighted by Gasteiger charge is -2.10. The zero-order valence-corrected chi connectivity index (χ0v) is 20.2. The molecule has 0 amide bonds. The van der Waals surface area contributed by atoms with E-state index >= 15 is 0 Å². The summed E-state index contributed by atoms with van der Waals surface area (Å²) in [5, 5.41) is 12.7. The number of hydrogen-bond donors (Lipinski definition) is 0. The first kappa shape index (κ1) is 20.3. The Balaban J connectivity index is 1.88. The molecule has 0 aliphatic heterocycles. The van der Waals surface area contributed by atoms with E-state index < -0.39 is 0 Å². The van der Waals surface area contributed by atoms with Gasteiger partial charge in [0.1, 0.15) is 0 Å². The summed E-state index contributed by atoms with van der Waals surface area (Å²) in [6.45, 7) is 0. The highest BCUT2D eigenvalue weighted by atomic mass is 15.0. The van der Waals surface area contributed by atoms with Crippen molar-refractivity contribution in [1.29, 1.82) is 0 Å². The van der Waals surface area contributed by atoms with Gasteiger partial charge in [-0.2, -0.15) is 0 Å². The van der Waals surface area contributed by atoms with Gasteiger partial charge in [-0.25, -0.2) is 0 Å². The van der Waals surface area contributed by atoms with E-state index in [0.29, 0.717) is 0 Å². The summed E-state index contributed by atoms with van der Waals surface area (Å²) < 4.78 is 2.45. The van der Waals surface area contributed by atoms with Gasteiger partial charge in [0.05, 0.1) is 11.0 Å². The SMILES string of the molecule is c1ccc(-n2c3ccccc3c3ccc4c(c32)=c2ccccc2=c2ccccc2=c2ccccc2=4)cc1. The Morgan fingerprint density at radius 2 is 0.811 bits per heavy atom. The smallest absolute Gasteiger partial charge is 0.0625 e. The van der Waals surface area contributed by atoms with Gasteiger partial charge in [-0.15, -0.1) is 0 Å². The number of hydrogen-bond acceptors (Lipinski definition) is 0. The molecule has 1 aromatic heterocycles. The lowest BCUT2D eigenvalue weighted by atomic mass is 10.0. The molecule has 1 heteroatoms. The van der Waals surface area contributed by atoms with Crippen LogP contribution in [0, 0.1) is 41.7 Å². The molecule has 0 spiro atoms. The minimum Gasteiger partial charge on any atom is -0.309 e. The van der Waals surface area contributed by atoms with Crippen molar-refractivity contribution in [3.63, 3.8) is 0 Å². The third kappa shape index (κ3) is 2.86. The average Bonchev–Trinajstić information content (AvgIpc) is 3.31. The van der Waals surface area contributed by atoms with Gasteiger partial charge in [-0.3, -0.25) is 0 Å². The molecule has 1 nitrogen and oxygen atoms in total. The summed E-state index contributed by atoms with van der Waals surface area (Å²) in [7, 11) is 0. The van der Waals surface area contributed by atoms with Crippen LogP contribution in [0.3, 0.4) is 0 Å². The fourth-order valence-electron chi connectivity index (χ4n) is 6.24. The highest BCUT2D eigenvalue weighted by molar-refractivity contribution is 6.09. The molecule has 0 bridgehead atoms. The van der Waals surface area contributed by atoms with Gasteiger partial charge in [-0.1, -0.05) is 121 Å². The molecule has 0 saturated heterocycles. The first-order chi connectivity index (χ1) is 18.4. The molecule has 0 saturated carbocycles. The van der Waals surface area contributed by atoms with Gasteiger partial charge in [0.25, 0.3) is 0 Å². The van der Waals surface area contributed by atoms with E-state index in [4.69, 9.17) is 0 Å². The van der Waals surface area contributed by atoms with E-state index in [0.717, 1.165) is 0 Å². The summed E-state index contributed by atoms with van der Waals surface area (Å²) in [5.41, 5.74) is 3.66. The van der Waals surface area contributed by atoms with Gasteiger partial charge in [0.2, 0.25) is 0 Å². The Bertz CT molecular complexity index is 2400. The summed E-state index contributed by atoms with van der Waals surface area (Å²) in [6, 6.07) is 50.8. The molecule has 172 valence electrons. The molecule has 0 atom stereocenters. The maximum absolute atomic E-state index is 2.45. The van der Waals surface area contributed by atoms with Crippen molar-refractivity contribution in [2.75, 3.05) is 0 Å². The van der Waals surface area contributed by atoms with Crippen LogP contribution in [0.4, 0.5) is 0 Å². The van der Waals surface area contributed by atoms with Crippen molar-refractivity contribution < 1.29 is 0 Å². The van der Waals surface area contributed by atoms with Crippen LogP contribution in [-0.4, -0.2) is 4.57 Å². The topological polar surface area (TPSA) is 4.93 Å². The predicted molar refractivity (Wildman–Crippen MR) is 151 cm³/mol. The number of rotatable bonds is 1. The molecule has 0 fully saturated rings. The van der Waals surface area contributed by atoms with Crippen LogP contribution in [0.15, 0.2) is 140 Å². The second-order valence-corrected chi connectivity index (χ2v) is 9.71. The molecule has 1 aliphatic carbocycles. The Hall–Kier alpha value is -4.88. The Morgan fingerprint density at radius 1 is 0.324 bits per heavy atom. The quantitative estimate of drug-likeness (QED) is 0.228. The van der Waals surface area contributed by atoms with Crippen LogP contribution in [0.25, 0.3) is 27.5 Å². The second kappa shape index (κ2) is 7.81. The predicted octanol–water partition coefficient (Wildman–Crippen LogP) is 8.25. The standard InChI is InChI=1S/C36H23N/c1-2-12-24(13-3-1)37-34-21-11-10-19-30(34)33-23-22-32-29-18-7-6-16-27(29)25-14-4-5-15-26(25)28-17-8-9-20-31(28)35(32)36(33)37/h1-23H. The number of para-hydroxylation sites is 2. The largest absolute Gasteiger partial charge is 0.309 e. The normalized spacial score (nSPS) is 11.8. The van der Waals surface area contributed by atoms with E-state index in [1.165, 1.54) is 69.2 Å². The molecule has 1 aliphatic rings. The summed E-state index contributed by atoms with van der Waals surface area (Å²) in [4.78, 5) is 0. The summed E-state index contributed by atoms with van der Waals surface area (Å²) in [6.07, 6.45) is 0. The molecule has 8 rings (SSSR count). The van der Waals surface area contributed by atoms with Crippen LogP contribution in [0.5, 0.6) is 0 Å². The van der Waals surface area contributed by atoms with Gasteiger partial charge in [-0.05, 0) is 54.7 Å². The fraction of sp³-hybridized carbons (Fsp3) is 0. The molecular formula is C36H23N. The lowest BCUT2D eigenvalue weighted by molar-refractivity contribution is 1.16. The summed E-state index contributed by atoms with van der Waals surface area (Å²) >= 11 is 0. The van der Waals surface area contributed by atoms with Crippen LogP contribution in [-0.2, 0) is 0 Å². The Labute approximate surface area is 213 Å². The molecule has 0 unspecified atom stereocenters. The van der Waals surface area contributed by atoms with Gasteiger partial charge < -0.3 is 4.57 Å². The molecule has 0 N–H and O–H groups in total. The molecule has 0 radical (unpaired) electrons. The van der Waals surface area contributed by atoms with Crippen molar-refractivity contribution >= 4 is 21.8 Å². The van der Waals surface area contributed by atoms with Gasteiger partial charge in [0, 0.05) is 21.7 Å². The van der Waals surface area contributed by atoms with Gasteiger partial charge >= 0.3 is 0 Å². The van der Waals surface area contributed by atoms with Crippen LogP contribution in [0.2, 0.25) is 0 Å². The summed E-state index contributed by atoms with van der Waals surface area (Å²) in [5.74, 6) is 0. The number of fused-ring (bicyclic) bond motifs is 8. The number of nitrogens with zero attached hydrogens (tertiary/aromatic N) is 1. The third-order valence-corrected chi connectivity index (χ3v) is 7.77. The minimum absolute atomic E-state index is 1.18. The Morgan fingerprint density at radius 3 is 1.46 bits per heavy atom. The second-order valence-electron chi connectivity index (χ2n) is 9.71. The molecule has 6 aromatic carbocycles. The van der Waals surface area contributed by atoms with E-state index in [1.54, 1.807) is 0 Å². The van der Waals surface area contributed by atoms with Crippen LogP contribution in [0.1, 0.15) is 0 Å². The molecular weight excluding hydrogens is 446 g/mol. The minimum atomic E-state index is 1.18. The third-order valence-electron chi connectivity index (χ3n) is 7.77. The molecule has 1 heterocycles. The van der Waals surface area contributed by atoms with Crippen LogP contribution >= 0.6 is 0 Å². The lowest BCUT2D eigenvalue weighted by Crippen LogP contribution is -1.96. The van der Waals surface area contributed by atoms with Crippen LogP contribution < -0.4 is 0 Å². The monoisotopic (exact) mass is 469 g/mol. The zero-order chi connectivity index (χ0) is 24.3. The Kier molecular flexibility index (Phi) is 4.29. The highest BCUT2D eigenvalue weighted by Gasteiger charge is 2.14. The van der Waals surface area contributed by atoms with E-state index in [1.807, 2.05) is 0 Å². The van der Waals surface area contributed by atoms with Crippen molar-refractivity contribution in [3.8, 4) is 5.69 Å². The molecule has 7 aromatic rings. The van der Waals surface area contributed by atoms with Crippen molar-refractivity contribution in [2.45, 2.75) is 0 Å². The van der Waals surface area contributed by atoms with E-state index in [-0.39, 0.29) is 0 Å². The molecule has 37 heavy (non-hydrogen) atoms. The van der Waals surface area contributed by atoms with E-state index in [9.17, 15) is 0 Å². The van der Waals surface area contributed by atoms with Gasteiger partial charge in [0.15, 0.2) is 0 Å². The average molecular weight is 470 g/mol. The maximum Gasteiger partial charge on any atom is 0.0625 e. The van der Waals surface area contributed by atoms with Crippen molar-refractivity contribution in [2.24, 2.45) is 0 Å². The first-order valence-electron chi connectivity index (χ1n) is 12.8. The van der Waals surface area contributed by atoms with E-state index in [2.05, 4.69) is 144 Å². The van der Waals surface area contributed by atoms with Crippen molar-refractivity contribution in [1.82, 2.24) is 4.57 Å². The number of benzene rings is 6. The highest BCUT2D eigenvalue weighted by Crippen LogP contribution is 2.33.